The number of imidazole rings is 1. The topological polar surface area (TPSA) is 227 Å². The number of carbonyl (C=O) groups is 4. The number of hydrogen-bond acceptors (Lipinski definition) is 14. The number of amides is 3. The number of halogens is 3. The molecule has 0 aliphatic carbocycles. The Morgan fingerprint density at radius 3 is 1.97 bits per heavy atom. The van der Waals surface area contributed by atoms with E-state index in [1.54, 1.807) is 60.0 Å². The molecule has 22 heteroatoms. The molecule has 0 spiro atoms. The van der Waals surface area contributed by atoms with E-state index in [1.807, 2.05) is 5.32 Å². The Morgan fingerprint density at radius 2 is 1.40 bits per heavy atom. The summed E-state index contributed by atoms with van der Waals surface area (Å²) in [5.41, 5.74) is -2.34. The van der Waals surface area contributed by atoms with Gasteiger partial charge in [-0.2, -0.15) is 13.2 Å². The Hall–Kier alpha value is -4.54. The number of carboxylic acids is 1. The van der Waals surface area contributed by atoms with E-state index in [0.717, 1.165) is 0 Å². The maximum Gasteiger partial charge on any atom is 0.413 e. The zero-order chi connectivity index (χ0) is 43.6. The van der Waals surface area contributed by atoms with Crippen molar-refractivity contribution in [2.24, 2.45) is 0 Å². The van der Waals surface area contributed by atoms with Gasteiger partial charge in [-0.15, -0.1) is 0 Å². The standard InChI is InChI=1S/C36H55F3N8O11/c1-32(2,3)56-29(50)43-19(28(48)49)12-14-46(15-13-21(36(37,38)39)44-30(51)57-33(4,5)6)16-20-23-24(55-35(10,11)54-23)27(53-20)47-18-42-22-25(40-17-41-26(22)47)45-31(52)58-34(7,8)9/h17-21,23-24,27H,12-16H2,1-11H3,(H,43,50)(H,44,51)(H,48,49)(H,40,41,45,52)/t19?,20-,21?,23-,24-,27-/m1/s1. The first kappa shape index (κ1) is 46.2. The molecule has 2 aliphatic rings. The van der Waals surface area contributed by atoms with Gasteiger partial charge < -0.3 is 49.1 Å². The molecule has 2 aromatic rings. The minimum absolute atomic E-state index is 0.0615. The highest BCUT2D eigenvalue weighted by molar-refractivity contribution is 5.93. The summed E-state index contributed by atoms with van der Waals surface area (Å²) in [4.78, 5) is 64.1. The van der Waals surface area contributed by atoms with Crippen LogP contribution in [-0.2, 0) is 33.2 Å². The number of hydrogen-bond donors (Lipinski definition) is 4. The van der Waals surface area contributed by atoms with Crippen molar-refractivity contribution in [1.82, 2.24) is 35.1 Å². The van der Waals surface area contributed by atoms with Crippen LogP contribution >= 0.6 is 0 Å². The molecular weight excluding hydrogens is 777 g/mol. The van der Waals surface area contributed by atoms with Gasteiger partial charge in [-0.05, 0) is 89.0 Å². The van der Waals surface area contributed by atoms with Crippen LogP contribution in [0.15, 0.2) is 12.7 Å². The maximum atomic E-state index is 14.3. The fourth-order valence-corrected chi connectivity index (χ4v) is 6.21. The van der Waals surface area contributed by atoms with Crippen LogP contribution in [-0.4, -0.2) is 133 Å². The zero-order valence-electron chi connectivity index (χ0n) is 34.6. The Labute approximate surface area is 334 Å². The predicted molar refractivity (Wildman–Crippen MR) is 199 cm³/mol. The monoisotopic (exact) mass is 832 g/mol. The maximum absolute atomic E-state index is 14.3. The van der Waals surface area contributed by atoms with Crippen LogP contribution in [0.4, 0.5) is 33.4 Å². The zero-order valence-corrected chi connectivity index (χ0v) is 34.6. The Balaban J connectivity index is 1.62. The van der Waals surface area contributed by atoms with Crippen LogP contribution in [0.3, 0.4) is 0 Å². The van der Waals surface area contributed by atoms with Crippen LogP contribution in [0, 0.1) is 0 Å². The second kappa shape index (κ2) is 17.4. The summed E-state index contributed by atoms with van der Waals surface area (Å²) in [6, 6.07) is -3.82. The van der Waals surface area contributed by atoms with E-state index in [0.29, 0.717) is 0 Å². The molecule has 2 aromatic heterocycles. The summed E-state index contributed by atoms with van der Waals surface area (Å²) in [7, 11) is 0. The predicted octanol–water partition coefficient (Wildman–Crippen LogP) is 5.11. The van der Waals surface area contributed by atoms with Gasteiger partial charge >= 0.3 is 30.4 Å². The Bertz CT molecular complexity index is 1790. The van der Waals surface area contributed by atoms with Gasteiger partial charge in [-0.3, -0.25) is 9.88 Å². The molecule has 2 aliphatic heterocycles. The summed E-state index contributed by atoms with van der Waals surface area (Å²) in [5, 5.41) is 16.7. The van der Waals surface area contributed by atoms with Crippen molar-refractivity contribution < 1.29 is 65.9 Å². The smallest absolute Gasteiger partial charge is 0.413 e. The molecule has 3 amide bonds. The summed E-state index contributed by atoms with van der Waals surface area (Å²) in [6.07, 6.45) is -9.64. The Kier molecular flexibility index (Phi) is 13.8. The number of ether oxygens (including phenoxy) is 6. The first-order valence-electron chi connectivity index (χ1n) is 18.7. The molecule has 0 radical (unpaired) electrons. The fourth-order valence-electron chi connectivity index (χ4n) is 6.21. The minimum Gasteiger partial charge on any atom is -0.480 e. The molecular formula is C36H55F3N8O11. The lowest BCUT2D eigenvalue weighted by molar-refractivity contribution is -0.198. The van der Waals surface area contributed by atoms with E-state index in [4.69, 9.17) is 28.4 Å². The average molecular weight is 833 g/mol. The largest absolute Gasteiger partial charge is 0.480 e. The van der Waals surface area contributed by atoms with Gasteiger partial charge in [-0.1, -0.05) is 0 Å². The molecule has 2 unspecified atom stereocenters. The highest BCUT2D eigenvalue weighted by atomic mass is 19.4. The van der Waals surface area contributed by atoms with Gasteiger partial charge in [0.2, 0.25) is 0 Å². The highest BCUT2D eigenvalue weighted by Crippen LogP contribution is 2.44. The van der Waals surface area contributed by atoms with Gasteiger partial charge in [0.15, 0.2) is 29.0 Å². The first-order chi connectivity index (χ1) is 26.5. The van der Waals surface area contributed by atoms with Gasteiger partial charge in [0.05, 0.1) is 6.33 Å². The van der Waals surface area contributed by atoms with Gasteiger partial charge in [0.25, 0.3) is 0 Å². The average Bonchev–Trinajstić information content (AvgIpc) is 3.68. The van der Waals surface area contributed by atoms with Gasteiger partial charge in [0.1, 0.15) is 53.5 Å². The molecule has 0 aromatic carbocycles. The van der Waals surface area contributed by atoms with E-state index in [2.05, 4.69) is 25.6 Å². The number of aromatic nitrogens is 4. The van der Waals surface area contributed by atoms with Crippen molar-refractivity contribution in [1.29, 1.82) is 0 Å². The van der Waals surface area contributed by atoms with Crippen LogP contribution < -0.4 is 16.0 Å². The van der Waals surface area contributed by atoms with Gasteiger partial charge in [-0.25, -0.2) is 34.1 Å². The number of nitrogens with one attached hydrogen (secondary N) is 3. The highest BCUT2D eigenvalue weighted by Gasteiger charge is 2.56. The van der Waals surface area contributed by atoms with E-state index in [-0.39, 0.29) is 43.0 Å². The summed E-state index contributed by atoms with van der Waals surface area (Å²) >= 11 is 0. The normalized spacial score (nSPS) is 21.9. The Morgan fingerprint density at radius 1 is 0.845 bits per heavy atom. The van der Waals surface area contributed by atoms with Crippen molar-refractivity contribution in [2.45, 2.75) is 154 Å². The molecule has 58 heavy (non-hydrogen) atoms. The third kappa shape index (κ3) is 13.2. The van der Waals surface area contributed by atoms with Gasteiger partial charge in [0, 0.05) is 19.6 Å². The number of nitrogens with zero attached hydrogens (tertiary/aromatic N) is 5. The molecule has 19 nitrogen and oxygen atoms in total. The SMILES string of the molecule is CC(C)(C)OC(=O)Nc1ncnc2c1ncn2[C@@H]1O[C@H](CN(CCC(NC(=O)OC(C)(C)C)C(=O)O)CCC(NC(=O)OC(C)(C)C)C(F)(F)F)[C@H]2OC(C)(C)O[C@H]21. The lowest BCUT2D eigenvalue weighted by atomic mass is 10.1. The molecule has 4 N–H and O–H groups in total. The van der Waals surface area contributed by atoms with Crippen LogP contribution in [0.2, 0.25) is 0 Å². The molecule has 326 valence electrons. The molecule has 2 saturated heterocycles. The number of rotatable bonds is 13. The molecule has 6 atom stereocenters. The van der Waals surface area contributed by atoms with Crippen LogP contribution in [0.25, 0.3) is 11.2 Å². The van der Waals surface area contributed by atoms with Crippen LogP contribution in [0.1, 0.15) is 95.2 Å². The first-order valence-corrected chi connectivity index (χ1v) is 18.7. The van der Waals surface area contributed by atoms with Crippen molar-refractivity contribution in [3.63, 3.8) is 0 Å². The lowest BCUT2D eigenvalue weighted by Gasteiger charge is -2.31. The van der Waals surface area contributed by atoms with E-state index >= 15 is 0 Å². The molecule has 4 rings (SSSR count). The molecule has 2 fully saturated rings. The second-order valence-electron chi connectivity index (χ2n) is 17.5. The number of alkyl halides is 3. The number of alkyl carbamates (subject to hydrolysis) is 2. The quantitative estimate of drug-likeness (QED) is 0.193. The van der Waals surface area contributed by atoms with E-state index in [9.17, 15) is 37.5 Å². The van der Waals surface area contributed by atoms with E-state index < -0.39 is 96.1 Å². The number of carbonyl (C=O) groups excluding carboxylic acids is 3. The third-order valence-electron chi connectivity index (χ3n) is 8.36. The minimum atomic E-state index is -4.88. The summed E-state index contributed by atoms with van der Waals surface area (Å²) in [5.74, 6) is -2.46. The number of fused-ring (bicyclic) bond motifs is 2. The second-order valence-corrected chi connectivity index (χ2v) is 17.5. The van der Waals surface area contributed by atoms with Crippen molar-refractivity contribution in [3.8, 4) is 0 Å². The fraction of sp³-hybridized carbons (Fsp3) is 0.750. The summed E-state index contributed by atoms with van der Waals surface area (Å²) in [6.45, 7) is 17.2. The third-order valence-corrected chi connectivity index (χ3v) is 8.36. The molecule has 0 saturated carbocycles. The number of aliphatic carboxylic acids is 1. The van der Waals surface area contributed by atoms with Crippen molar-refractivity contribution in [2.75, 3.05) is 25.0 Å². The van der Waals surface area contributed by atoms with Crippen molar-refractivity contribution >= 4 is 41.2 Å². The van der Waals surface area contributed by atoms with Crippen LogP contribution in [0.5, 0.6) is 0 Å². The molecule has 0 bridgehead atoms. The summed E-state index contributed by atoms with van der Waals surface area (Å²) < 4.78 is 79.1. The lowest BCUT2D eigenvalue weighted by Crippen LogP contribution is -2.50. The van der Waals surface area contributed by atoms with Crippen molar-refractivity contribution in [3.05, 3.63) is 12.7 Å². The number of carboxylic acid groups (broad SMARTS) is 1. The number of anilines is 1. The van der Waals surface area contributed by atoms with E-state index in [1.165, 1.54) is 38.3 Å². The molecule has 4 heterocycles.